The van der Waals surface area contributed by atoms with Gasteiger partial charge in [0.05, 0.1) is 18.1 Å². The van der Waals surface area contributed by atoms with Crippen LogP contribution in [0.4, 0.5) is 0 Å². The third-order valence-electron chi connectivity index (χ3n) is 4.11. The van der Waals surface area contributed by atoms with Crippen LogP contribution in [0, 0.1) is 6.92 Å². The summed E-state index contributed by atoms with van der Waals surface area (Å²) in [5.41, 5.74) is 2.38. The molecule has 1 saturated heterocycles. The van der Waals surface area contributed by atoms with Crippen LogP contribution < -0.4 is 5.32 Å². The normalized spacial score (nSPS) is 16.4. The second-order valence-corrected chi connectivity index (χ2v) is 8.73. The van der Waals surface area contributed by atoms with Crippen LogP contribution in [0.1, 0.15) is 16.0 Å². The molecule has 24 heavy (non-hydrogen) atoms. The highest BCUT2D eigenvalue weighted by Crippen LogP contribution is 2.18. The second kappa shape index (κ2) is 7.76. The zero-order chi connectivity index (χ0) is 17.0. The summed E-state index contributed by atoms with van der Waals surface area (Å²) in [7, 11) is -3.41. The Morgan fingerprint density at radius 3 is 2.46 bits per heavy atom. The third-order valence-corrected chi connectivity index (χ3v) is 7.05. The first-order valence-corrected chi connectivity index (χ1v) is 10.3. The fraction of sp³-hybridized carbons (Fsp3) is 0.412. The Kier molecular flexibility index (Phi) is 5.68. The van der Waals surface area contributed by atoms with Crippen molar-refractivity contribution in [2.45, 2.75) is 24.9 Å². The fourth-order valence-corrected chi connectivity index (χ4v) is 4.90. The number of hydrogen-bond acceptors (Lipinski definition) is 5. The molecule has 0 radical (unpaired) electrons. The molecule has 1 aliphatic heterocycles. The van der Waals surface area contributed by atoms with E-state index in [9.17, 15) is 8.42 Å². The van der Waals surface area contributed by atoms with E-state index in [0.717, 1.165) is 18.7 Å². The second-order valence-electron chi connectivity index (χ2n) is 5.79. The zero-order valence-electron chi connectivity index (χ0n) is 13.7. The van der Waals surface area contributed by atoms with Gasteiger partial charge in [0.1, 0.15) is 0 Å². The number of nitrogens with zero attached hydrogens (tertiary/aromatic N) is 1. The maximum absolute atomic E-state index is 12.6. The number of ether oxygens (including phenoxy) is 1. The van der Waals surface area contributed by atoms with Crippen LogP contribution >= 0.6 is 11.3 Å². The SMILES string of the molecule is Cc1ccsc1CNCc1ccc(S(=O)(=O)N2CCOCC2)cc1. The zero-order valence-corrected chi connectivity index (χ0v) is 15.3. The topological polar surface area (TPSA) is 58.6 Å². The average Bonchev–Trinajstić information content (AvgIpc) is 3.01. The minimum absolute atomic E-state index is 0.349. The molecule has 1 aliphatic rings. The molecule has 0 amide bonds. The Morgan fingerprint density at radius 1 is 1.12 bits per heavy atom. The van der Waals surface area contributed by atoms with Crippen molar-refractivity contribution in [3.63, 3.8) is 0 Å². The van der Waals surface area contributed by atoms with E-state index in [0.29, 0.717) is 31.2 Å². The summed E-state index contributed by atoms with van der Waals surface area (Å²) in [6.45, 7) is 5.43. The number of aryl methyl sites for hydroxylation is 1. The molecular formula is C17H22N2O3S2. The molecule has 2 heterocycles. The Balaban J connectivity index is 1.59. The van der Waals surface area contributed by atoms with Crippen molar-refractivity contribution in [2.75, 3.05) is 26.3 Å². The summed E-state index contributed by atoms with van der Waals surface area (Å²) in [5.74, 6) is 0. The van der Waals surface area contributed by atoms with Crippen LogP contribution in [0.5, 0.6) is 0 Å². The minimum Gasteiger partial charge on any atom is -0.379 e. The van der Waals surface area contributed by atoms with Crippen molar-refractivity contribution in [3.8, 4) is 0 Å². The molecule has 0 atom stereocenters. The predicted molar refractivity (Wildman–Crippen MR) is 95.6 cm³/mol. The van der Waals surface area contributed by atoms with Gasteiger partial charge in [0.15, 0.2) is 0 Å². The number of morpholine rings is 1. The van der Waals surface area contributed by atoms with Gasteiger partial charge in [-0.25, -0.2) is 8.42 Å². The summed E-state index contributed by atoms with van der Waals surface area (Å²) < 4.78 is 31.8. The summed E-state index contributed by atoms with van der Waals surface area (Å²) in [4.78, 5) is 1.68. The van der Waals surface area contributed by atoms with E-state index < -0.39 is 10.0 Å². The van der Waals surface area contributed by atoms with Crippen LogP contribution in [0.2, 0.25) is 0 Å². The lowest BCUT2D eigenvalue weighted by atomic mass is 10.2. The van der Waals surface area contributed by atoms with Crippen molar-refractivity contribution in [1.29, 1.82) is 0 Å². The van der Waals surface area contributed by atoms with Crippen LogP contribution in [0.3, 0.4) is 0 Å². The summed E-state index contributed by atoms with van der Waals surface area (Å²) in [5, 5.41) is 5.50. The maximum atomic E-state index is 12.6. The first-order chi connectivity index (χ1) is 11.6. The molecule has 130 valence electrons. The van der Waals surface area contributed by atoms with Crippen LogP contribution in [-0.4, -0.2) is 39.0 Å². The number of thiophene rings is 1. The Labute approximate surface area is 147 Å². The molecule has 1 fully saturated rings. The van der Waals surface area contributed by atoms with Gasteiger partial charge in [-0.2, -0.15) is 4.31 Å². The largest absolute Gasteiger partial charge is 0.379 e. The third kappa shape index (κ3) is 4.04. The van der Waals surface area contributed by atoms with Crippen molar-refractivity contribution in [1.82, 2.24) is 9.62 Å². The van der Waals surface area contributed by atoms with E-state index >= 15 is 0 Å². The van der Waals surface area contributed by atoms with E-state index in [2.05, 4.69) is 23.7 Å². The van der Waals surface area contributed by atoms with E-state index in [1.54, 1.807) is 23.5 Å². The van der Waals surface area contributed by atoms with Crippen molar-refractivity contribution >= 4 is 21.4 Å². The lowest BCUT2D eigenvalue weighted by Gasteiger charge is -2.26. The van der Waals surface area contributed by atoms with Gasteiger partial charge >= 0.3 is 0 Å². The number of hydrogen-bond donors (Lipinski definition) is 1. The van der Waals surface area contributed by atoms with Gasteiger partial charge in [-0.15, -0.1) is 11.3 Å². The van der Waals surface area contributed by atoms with Gasteiger partial charge in [-0.05, 0) is 41.6 Å². The highest BCUT2D eigenvalue weighted by Gasteiger charge is 2.25. The molecule has 0 spiro atoms. The maximum Gasteiger partial charge on any atom is 0.243 e. The summed E-state index contributed by atoms with van der Waals surface area (Å²) >= 11 is 1.75. The molecule has 0 bridgehead atoms. The van der Waals surface area contributed by atoms with Gasteiger partial charge < -0.3 is 10.1 Å². The smallest absolute Gasteiger partial charge is 0.243 e. The molecular weight excluding hydrogens is 344 g/mol. The van der Waals surface area contributed by atoms with E-state index in [1.165, 1.54) is 14.7 Å². The molecule has 1 N–H and O–H groups in total. The summed E-state index contributed by atoms with van der Waals surface area (Å²) in [6, 6.07) is 9.26. The molecule has 2 aromatic rings. The highest BCUT2D eigenvalue weighted by atomic mass is 32.2. The Hall–Kier alpha value is -1.25. The minimum atomic E-state index is -3.41. The monoisotopic (exact) mass is 366 g/mol. The quantitative estimate of drug-likeness (QED) is 0.853. The van der Waals surface area contributed by atoms with E-state index in [-0.39, 0.29) is 0 Å². The molecule has 1 aromatic heterocycles. The van der Waals surface area contributed by atoms with Gasteiger partial charge in [-0.1, -0.05) is 12.1 Å². The average molecular weight is 367 g/mol. The highest BCUT2D eigenvalue weighted by molar-refractivity contribution is 7.89. The van der Waals surface area contributed by atoms with Crippen LogP contribution in [-0.2, 0) is 27.8 Å². The standard InChI is InChI=1S/C17H22N2O3S2/c1-14-6-11-23-17(14)13-18-12-15-2-4-16(5-3-15)24(20,21)19-7-9-22-10-8-19/h2-6,11,18H,7-10,12-13H2,1H3. The fourth-order valence-electron chi connectivity index (χ4n) is 2.62. The van der Waals surface area contributed by atoms with Gasteiger partial charge in [0, 0.05) is 31.1 Å². The van der Waals surface area contributed by atoms with Crippen molar-refractivity contribution in [3.05, 3.63) is 51.7 Å². The molecule has 5 nitrogen and oxygen atoms in total. The number of benzene rings is 1. The molecule has 3 rings (SSSR count). The van der Waals surface area contributed by atoms with Gasteiger partial charge in [0.25, 0.3) is 0 Å². The van der Waals surface area contributed by atoms with E-state index in [4.69, 9.17) is 4.74 Å². The van der Waals surface area contributed by atoms with Crippen LogP contribution in [0.25, 0.3) is 0 Å². The van der Waals surface area contributed by atoms with Crippen molar-refractivity contribution in [2.24, 2.45) is 0 Å². The molecule has 0 saturated carbocycles. The lowest BCUT2D eigenvalue weighted by molar-refractivity contribution is 0.0730. The lowest BCUT2D eigenvalue weighted by Crippen LogP contribution is -2.40. The van der Waals surface area contributed by atoms with Gasteiger partial charge in [-0.3, -0.25) is 0 Å². The Bertz CT molecular complexity index is 763. The van der Waals surface area contributed by atoms with Crippen LogP contribution in [0.15, 0.2) is 40.6 Å². The number of nitrogens with one attached hydrogen (secondary N) is 1. The predicted octanol–water partition coefficient (Wildman–Crippen LogP) is 2.37. The van der Waals surface area contributed by atoms with Gasteiger partial charge in [0.2, 0.25) is 10.0 Å². The summed E-state index contributed by atoms with van der Waals surface area (Å²) in [6.07, 6.45) is 0. The van der Waals surface area contributed by atoms with E-state index in [1.807, 2.05) is 12.1 Å². The Morgan fingerprint density at radius 2 is 1.83 bits per heavy atom. The molecule has 0 unspecified atom stereocenters. The first-order valence-electron chi connectivity index (χ1n) is 7.98. The van der Waals surface area contributed by atoms with Crippen molar-refractivity contribution < 1.29 is 13.2 Å². The number of sulfonamides is 1. The first kappa shape index (κ1) is 17.6. The molecule has 0 aliphatic carbocycles. The molecule has 7 heteroatoms. The number of rotatable bonds is 6. The molecule has 1 aromatic carbocycles.